The number of carbonyl (C=O) groups is 1. The summed E-state index contributed by atoms with van der Waals surface area (Å²) < 4.78 is 26.5. The van der Waals surface area contributed by atoms with E-state index in [9.17, 15) is 13.2 Å². The molecule has 1 aliphatic rings. The Labute approximate surface area is 155 Å². The maximum absolute atomic E-state index is 12.9. The van der Waals surface area contributed by atoms with Crippen molar-refractivity contribution in [2.45, 2.75) is 44.2 Å². The van der Waals surface area contributed by atoms with Gasteiger partial charge in [-0.05, 0) is 49.6 Å². The maximum atomic E-state index is 12.9. The zero-order valence-corrected chi connectivity index (χ0v) is 15.9. The van der Waals surface area contributed by atoms with E-state index in [4.69, 9.17) is 0 Å². The zero-order chi connectivity index (χ0) is 18.7. The van der Waals surface area contributed by atoms with Crippen LogP contribution in [-0.4, -0.2) is 31.8 Å². The number of hydrogen-bond donors (Lipinski definition) is 1. The Bertz CT molecular complexity index is 870. The lowest BCUT2D eigenvalue weighted by Crippen LogP contribution is -2.32. The lowest BCUT2D eigenvalue weighted by atomic mass is 10.1. The smallest absolute Gasteiger partial charge is 0.254 e. The number of hydrogen-bond acceptors (Lipinski definition) is 3. The Balaban J connectivity index is 1.78. The summed E-state index contributed by atoms with van der Waals surface area (Å²) in [6, 6.07) is 14.6. The number of carbonyl (C=O) groups excluding carboxylic acids is 1. The molecule has 5 nitrogen and oxygen atoms in total. The molecule has 1 amide bonds. The van der Waals surface area contributed by atoms with Crippen molar-refractivity contribution in [3.8, 4) is 0 Å². The fraction of sp³-hybridized carbons (Fsp3) is 0.350. The normalized spacial score (nSPS) is 14.2. The van der Waals surface area contributed by atoms with E-state index in [0.717, 1.165) is 18.4 Å². The molecule has 1 N–H and O–H groups in total. The third kappa shape index (κ3) is 4.31. The van der Waals surface area contributed by atoms with Crippen LogP contribution in [0.25, 0.3) is 0 Å². The molecule has 0 unspecified atom stereocenters. The topological polar surface area (TPSA) is 66.5 Å². The van der Waals surface area contributed by atoms with Gasteiger partial charge in [-0.3, -0.25) is 4.79 Å². The Hall–Kier alpha value is -2.18. The first-order valence-electron chi connectivity index (χ1n) is 8.87. The largest absolute Gasteiger partial charge is 0.331 e. The lowest BCUT2D eigenvalue weighted by Gasteiger charge is -2.23. The van der Waals surface area contributed by atoms with E-state index in [1.165, 1.54) is 17.7 Å². The SMILES string of the molecule is CCNS(=O)(=O)c1ccc(C(=O)N(Cc2ccc(C)cc2)C2CC2)cc1. The monoisotopic (exact) mass is 372 g/mol. The molecule has 6 heteroatoms. The zero-order valence-electron chi connectivity index (χ0n) is 15.1. The molecule has 2 aromatic carbocycles. The number of amides is 1. The van der Waals surface area contributed by atoms with Crippen molar-refractivity contribution in [1.82, 2.24) is 9.62 Å². The number of sulfonamides is 1. The number of nitrogens with one attached hydrogen (secondary N) is 1. The van der Waals surface area contributed by atoms with Crippen molar-refractivity contribution in [3.05, 3.63) is 65.2 Å². The minimum atomic E-state index is -3.50. The van der Waals surface area contributed by atoms with Gasteiger partial charge in [0.1, 0.15) is 0 Å². The average molecular weight is 372 g/mol. The molecule has 0 heterocycles. The molecule has 1 saturated carbocycles. The second-order valence-electron chi connectivity index (χ2n) is 6.68. The van der Waals surface area contributed by atoms with E-state index in [1.54, 1.807) is 19.1 Å². The van der Waals surface area contributed by atoms with E-state index in [2.05, 4.69) is 4.72 Å². The average Bonchev–Trinajstić information content (AvgIpc) is 3.46. The van der Waals surface area contributed by atoms with Crippen molar-refractivity contribution in [2.75, 3.05) is 6.54 Å². The number of benzene rings is 2. The fourth-order valence-electron chi connectivity index (χ4n) is 2.86. The van der Waals surface area contributed by atoms with Crippen LogP contribution >= 0.6 is 0 Å². The summed E-state index contributed by atoms with van der Waals surface area (Å²) in [4.78, 5) is 15.0. The number of nitrogens with zero attached hydrogens (tertiary/aromatic N) is 1. The summed E-state index contributed by atoms with van der Waals surface area (Å²) in [5.41, 5.74) is 2.80. The molecule has 0 bridgehead atoms. The molecular formula is C20H24N2O3S. The van der Waals surface area contributed by atoms with Crippen LogP contribution in [0.4, 0.5) is 0 Å². The van der Waals surface area contributed by atoms with Crippen LogP contribution in [0.2, 0.25) is 0 Å². The summed E-state index contributed by atoms with van der Waals surface area (Å²) in [7, 11) is -3.50. The second kappa shape index (κ2) is 7.60. The predicted octanol–water partition coefficient (Wildman–Crippen LogP) is 3.10. The highest BCUT2D eigenvalue weighted by Crippen LogP contribution is 2.30. The first kappa shape index (κ1) is 18.6. The number of rotatable bonds is 7. The van der Waals surface area contributed by atoms with Gasteiger partial charge in [-0.2, -0.15) is 0 Å². The lowest BCUT2D eigenvalue weighted by molar-refractivity contribution is 0.0730. The van der Waals surface area contributed by atoms with E-state index in [0.29, 0.717) is 18.7 Å². The van der Waals surface area contributed by atoms with E-state index >= 15 is 0 Å². The maximum Gasteiger partial charge on any atom is 0.254 e. The molecule has 1 aliphatic carbocycles. The minimum Gasteiger partial charge on any atom is -0.331 e. The van der Waals surface area contributed by atoms with Gasteiger partial charge in [-0.25, -0.2) is 13.1 Å². The van der Waals surface area contributed by atoms with Gasteiger partial charge in [0.25, 0.3) is 5.91 Å². The van der Waals surface area contributed by atoms with Crippen molar-refractivity contribution >= 4 is 15.9 Å². The minimum absolute atomic E-state index is 0.0551. The van der Waals surface area contributed by atoms with E-state index < -0.39 is 10.0 Å². The Morgan fingerprint density at radius 2 is 1.69 bits per heavy atom. The molecule has 3 rings (SSSR count). The quantitative estimate of drug-likeness (QED) is 0.812. The van der Waals surface area contributed by atoms with Gasteiger partial charge in [0, 0.05) is 24.7 Å². The molecule has 26 heavy (non-hydrogen) atoms. The molecule has 2 aromatic rings. The van der Waals surface area contributed by atoms with Crippen LogP contribution in [0.5, 0.6) is 0 Å². The van der Waals surface area contributed by atoms with Gasteiger partial charge in [-0.15, -0.1) is 0 Å². The highest BCUT2D eigenvalue weighted by molar-refractivity contribution is 7.89. The molecule has 0 spiro atoms. The Morgan fingerprint density at radius 3 is 2.23 bits per heavy atom. The van der Waals surface area contributed by atoms with Gasteiger partial charge in [-0.1, -0.05) is 36.8 Å². The molecule has 138 valence electrons. The molecule has 1 fully saturated rings. The Kier molecular flexibility index (Phi) is 5.44. The summed E-state index contributed by atoms with van der Waals surface area (Å²) in [5, 5.41) is 0. The van der Waals surface area contributed by atoms with Crippen LogP contribution < -0.4 is 4.72 Å². The third-order valence-electron chi connectivity index (χ3n) is 4.47. The molecule has 0 saturated heterocycles. The van der Waals surface area contributed by atoms with Crippen molar-refractivity contribution in [3.63, 3.8) is 0 Å². The standard InChI is InChI=1S/C20H24N2O3S/c1-3-21-26(24,25)19-12-8-17(9-13-19)20(23)22(18-10-11-18)14-16-6-4-15(2)5-7-16/h4-9,12-13,18,21H,3,10-11,14H2,1-2H3. The van der Waals surface area contributed by atoms with Crippen LogP contribution in [0, 0.1) is 6.92 Å². The predicted molar refractivity (Wildman–Crippen MR) is 101 cm³/mol. The molecular weight excluding hydrogens is 348 g/mol. The molecule has 0 radical (unpaired) electrons. The Morgan fingerprint density at radius 1 is 1.08 bits per heavy atom. The summed E-state index contributed by atoms with van der Waals surface area (Å²) in [6.45, 7) is 4.67. The summed E-state index contributed by atoms with van der Waals surface area (Å²) in [6.07, 6.45) is 2.04. The molecule has 0 aliphatic heterocycles. The second-order valence-corrected chi connectivity index (χ2v) is 8.44. The summed E-state index contributed by atoms with van der Waals surface area (Å²) in [5.74, 6) is -0.0551. The van der Waals surface area contributed by atoms with Crippen molar-refractivity contribution in [1.29, 1.82) is 0 Å². The van der Waals surface area contributed by atoms with Crippen LogP contribution in [0.15, 0.2) is 53.4 Å². The van der Waals surface area contributed by atoms with E-state index in [1.807, 2.05) is 36.1 Å². The van der Waals surface area contributed by atoms with Crippen LogP contribution in [-0.2, 0) is 16.6 Å². The first-order chi connectivity index (χ1) is 12.4. The molecule has 0 aromatic heterocycles. The fourth-order valence-corrected chi connectivity index (χ4v) is 3.90. The van der Waals surface area contributed by atoms with Gasteiger partial charge < -0.3 is 4.90 Å². The van der Waals surface area contributed by atoms with E-state index in [-0.39, 0.29) is 16.8 Å². The van der Waals surface area contributed by atoms with Gasteiger partial charge in [0.05, 0.1) is 4.90 Å². The highest BCUT2D eigenvalue weighted by atomic mass is 32.2. The van der Waals surface area contributed by atoms with Crippen LogP contribution in [0.3, 0.4) is 0 Å². The van der Waals surface area contributed by atoms with Gasteiger partial charge in [0.2, 0.25) is 10.0 Å². The highest BCUT2D eigenvalue weighted by Gasteiger charge is 2.33. The van der Waals surface area contributed by atoms with Crippen LogP contribution in [0.1, 0.15) is 41.3 Å². The van der Waals surface area contributed by atoms with Crippen molar-refractivity contribution < 1.29 is 13.2 Å². The number of aryl methyl sites for hydroxylation is 1. The third-order valence-corrected chi connectivity index (χ3v) is 6.03. The van der Waals surface area contributed by atoms with Gasteiger partial charge in [0.15, 0.2) is 0 Å². The summed E-state index contributed by atoms with van der Waals surface area (Å²) >= 11 is 0. The molecule has 0 atom stereocenters. The first-order valence-corrected chi connectivity index (χ1v) is 10.4. The van der Waals surface area contributed by atoms with Crippen molar-refractivity contribution in [2.24, 2.45) is 0 Å². The van der Waals surface area contributed by atoms with Gasteiger partial charge >= 0.3 is 0 Å².